The van der Waals surface area contributed by atoms with Gasteiger partial charge in [-0.05, 0) is 43.7 Å². The SMILES string of the molecule is COC(=O)[C@H](C)NC(=O)NCCOc1cc(C)ccc1-c1cc(=O)c2cccc(Cl)c2o1. The van der Waals surface area contributed by atoms with Crippen LogP contribution in [0.4, 0.5) is 4.79 Å². The zero-order valence-electron chi connectivity index (χ0n) is 17.9. The number of fused-ring (bicyclic) bond motifs is 1. The number of halogens is 1. The second-order valence-corrected chi connectivity index (χ2v) is 7.49. The highest BCUT2D eigenvalue weighted by Crippen LogP contribution is 2.33. The summed E-state index contributed by atoms with van der Waals surface area (Å²) in [5.41, 5.74) is 1.62. The fourth-order valence-electron chi connectivity index (χ4n) is 3.04. The second-order valence-electron chi connectivity index (χ2n) is 7.08. The number of para-hydroxylation sites is 1. The quantitative estimate of drug-likeness (QED) is 0.413. The third-order valence-electron chi connectivity index (χ3n) is 4.66. The van der Waals surface area contributed by atoms with E-state index in [1.165, 1.54) is 20.1 Å². The van der Waals surface area contributed by atoms with Crippen LogP contribution in [0.2, 0.25) is 5.02 Å². The Balaban J connectivity index is 1.73. The molecule has 9 heteroatoms. The molecule has 2 aromatic carbocycles. The number of urea groups is 1. The summed E-state index contributed by atoms with van der Waals surface area (Å²) in [5.74, 6) is 0.269. The average Bonchev–Trinajstić information content (AvgIpc) is 2.76. The fraction of sp³-hybridized carbons (Fsp3) is 0.261. The molecular weight excluding hydrogens is 436 g/mol. The number of methoxy groups -OCH3 is 1. The highest BCUT2D eigenvalue weighted by atomic mass is 35.5. The summed E-state index contributed by atoms with van der Waals surface area (Å²) in [5, 5.41) is 5.80. The van der Waals surface area contributed by atoms with Crippen LogP contribution in [0.5, 0.6) is 5.75 Å². The van der Waals surface area contributed by atoms with Crippen LogP contribution in [0.15, 0.2) is 51.7 Å². The highest BCUT2D eigenvalue weighted by molar-refractivity contribution is 6.34. The number of benzene rings is 2. The van der Waals surface area contributed by atoms with Gasteiger partial charge in [0.2, 0.25) is 0 Å². The van der Waals surface area contributed by atoms with Crippen molar-refractivity contribution >= 4 is 34.6 Å². The van der Waals surface area contributed by atoms with Crippen molar-refractivity contribution in [2.24, 2.45) is 0 Å². The maximum absolute atomic E-state index is 12.5. The second kappa shape index (κ2) is 10.2. The number of carbonyl (C=O) groups is 2. The van der Waals surface area contributed by atoms with Gasteiger partial charge in [0.15, 0.2) is 11.0 Å². The van der Waals surface area contributed by atoms with Crippen molar-refractivity contribution in [1.29, 1.82) is 0 Å². The monoisotopic (exact) mass is 458 g/mol. The molecule has 32 heavy (non-hydrogen) atoms. The average molecular weight is 459 g/mol. The van der Waals surface area contributed by atoms with E-state index < -0.39 is 18.0 Å². The van der Waals surface area contributed by atoms with Gasteiger partial charge >= 0.3 is 12.0 Å². The molecule has 2 amide bonds. The maximum Gasteiger partial charge on any atom is 0.328 e. The molecular formula is C23H23ClN2O6. The predicted octanol–water partition coefficient (Wildman–Crippen LogP) is 3.66. The van der Waals surface area contributed by atoms with Crippen molar-refractivity contribution < 1.29 is 23.5 Å². The van der Waals surface area contributed by atoms with Crippen LogP contribution in [0, 0.1) is 6.92 Å². The van der Waals surface area contributed by atoms with Crippen LogP contribution < -0.4 is 20.8 Å². The van der Waals surface area contributed by atoms with E-state index in [1.54, 1.807) is 24.3 Å². The van der Waals surface area contributed by atoms with Gasteiger partial charge < -0.3 is 24.5 Å². The molecule has 2 N–H and O–H groups in total. The van der Waals surface area contributed by atoms with Crippen molar-refractivity contribution in [3.05, 3.63) is 63.3 Å². The van der Waals surface area contributed by atoms with Crippen LogP contribution >= 0.6 is 11.6 Å². The van der Waals surface area contributed by atoms with E-state index in [0.29, 0.717) is 33.1 Å². The van der Waals surface area contributed by atoms with Crippen molar-refractivity contribution in [3.8, 4) is 17.1 Å². The number of hydrogen-bond acceptors (Lipinski definition) is 6. The van der Waals surface area contributed by atoms with Gasteiger partial charge in [-0.2, -0.15) is 0 Å². The van der Waals surface area contributed by atoms with Gasteiger partial charge in [0, 0.05) is 6.07 Å². The zero-order chi connectivity index (χ0) is 23.3. The fourth-order valence-corrected chi connectivity index (χ4v) is 3.25. The molecule has 0 unspecified atom stereocenters. The minimum atomic E-state index is -0.771. The molecule has 3 aromatic rings. The molecule has 0 saturated carbocycles. The van der Waals surface area contributed by atoms with Crippen molar-refractivity contribution in [2.45, 2.75) is 19.9 Å². The lowest BCUT2D eigenvalue weighted by atomic mass is 10.1. The summed E-state index contributed by atoms with van der Waals surface area (Å²) in [6.45, 7) is 3.75. The zero-order valence-corrected chi connectivity index (χ0v) is 18.6. The smallest absolute Gasteiger partial charge is 0.328 e. The maximum atomic E-state index is 12.5. The molecule has 0 radical (unpaired) electrons. The van der Waals surface area contributed by atoms with Crippen molar-refractivity contribution in [3.63, 3.8) is 0 Å². The lowest BCUT2D eigenvalue weighted by molar-refractivity contribution is -0.142. The first-order valence-electron chi connectivity index (χ1n) is 9.88. The Labute approximate surface area is 189 Å². The number of amides is 2. The van der Waals surface area contributed by atoms with Gasteiger partial charge in [-0.15, -0.1) is 0 Å². The van der Waals surface area contributed by atoms with E-state index >= 15 is 0 Å². The summed E-state index contributed by atoms with van der Waals surface area (Å²) < 4.78 is 16.3. The summed E-state index contributed by atoms with van der Waals surface area (Å²) in [4.78, 5) is 35.8. The van der Waals surface area contributed by atoms with E-state index in [0.717, 1.165) is 5.56 Å². The standard InChI is InChI=1S/C23H23ClN2O6/c1-13-7-8-16(20-12-18(27)15-5-4-6-17(24)21(15)32-20)19(11-13)31-10-9-25-23(29)26-14(2)22(28)30-3/h4-8,11-12,14H,9-10H2,1-3H3,(H2,25,26,29)/t14-/m0/s1. The molecule has 0 spiro atoms. The summed E-state index contributed by atoms with van der Waals surface area (Å²) in [7, 11) is 1.25. The first kappa shape index (κ1) is 23.1. The molecule has 0 aliphatic rings. The van der Waals surface area contributed by atoms with Crippen LogP contribution in [0.1, 0.15) is 12.5 Å². The summed E-state index contributed by atoms with van der Waals surface area (Å²) in [6.07, 6.45) is 0. The first-order valence-corrected chi connectivity index (χ1v) is 10.3. The van der Waals surface area contributed by atoms with Gasteiger partial charge in [0.05, 0.1) is 29.6 Å². The lowest BCUT2D eigenvalue weighted by Crippen LogP contribution is -2.45. The lowest BCUT2D eigenvalue weighted by Gasteiger charge is -2.14. The topological polar surface area (TPSA) is 107 Å². The number of nitrogens with one attached hydrogen (secondary N) is 2. The Bertz CT molecular complexity index is 1210. The summed E-state index contributed by atoms with van der Waals surface area (Å²) in [6, 6.07) is 10.6. The Morgan fingerprint density at radius 3 is 2.72 bits per heavy atom. The molecule has 0 aliphatic heterocycles. The minimum absolute atomic E-state index is 0.148. The molecule has 0 bridgehead atoms. The van der Waals surface area contributed by atoms with Crippen LogP contribution in [0.3, 0.4) is 0 Å². The van der Waals surface area contributed by atoms with Gasteiger partial charge in [-0.25, -0.2) is 9.59 Å². The molecule has 1 heterocycles. The first-order chi connectivity index (χ1) is 15.3. The van der Waals surface area contributed by atoms with Crippen molar-refractivity contribution in [1.82, 2.24) is 10.6 Å². The molecule has 0 fully saturated rings. The molecule has 0 saturated heterocycles. The van der Waals surface area contributed by atoms with E-state index in [1.807, 2.05) is 19.1 Å². The third-order valence-corrected chi connectivity index (χ3v) is 4.95. The Kier molecular flexibility index (Phi) is 7.37. The predicted molar refractivity (Wildman–Crippen MR) is 121 cm³/mol. The molecule has 1 aromatic heterocycles. The Morgan fingerprint density at radius 2 is 1.97 bits per heavy atom. The van der Waals surface area contributed by atoms with Crippen LogP contribution in [-0.4, -0.2) is 38.3 Å². The molecule has 1 atom stereocenters. The van der Waals surface area contributed by atoms with E-state index in [9.17, 15) is 14.4 Å². The molecule has 8 nitrogen and oxygen atoms in total. The normalized spacial score (nSPS) is 11.6. The number of carbonyl (C=O) groups excluding carboxylic acids is 2. The van der Waals surface area contributed by atoms with E-state index in [4.69, 9.17) is 20.8 Å². The highest BCUT2D eigenvalue weighted by Gasteiger charge is 2.16. The van der Waals surface area contributed by atoms with E-state index in [-0.39, 0.29) is 18.6 Å². The Hall–Kier alpha value is -3.52. The van der Waals surface area contributed by atoms with Crippen LogP contribution in [-0.2, 0) is 9.53 Å². The third kappa shape index (κ3) is 5.39. The number of ether oxygens (including phenoxy) is 2. The minimum Gasteiger partial charge on any atom is -0.491 e. The summed E-state index contributed by atoms with van der Waals surface area (Å²) >= 11 is 6.21. The number of hydrogen-bond donors (Lipinski definition) is 2. The molecule has 3 rings (SSSR count). The number of esters is 1. The van der Waals surface area contributed by atoms with Gasteiger partial charge in [0.25, 0.3) is 0 Å². The largest absolute Gasteiger partial charge is 0.491 e. The Morgan fingerprint density at radius 1 is 1.19 bits per heavy atom. The number of aryl methyl sites for hydroxylation is 1. The van der Waals surface area contributed by atoms with Gasteiger partial charge in [-0.3, -0.25) is 4.79 Å². The van der Waals surface area contributed by atoms with E-state index in [2.05, 4.69) is 15.4 Å². The number of rotatable bonds is 7. The van der Waals surface area contributed by atoms with Gasteiger partial charge in [-0.1, -0.05) is 23.7 Å². The molecule has 0 aliphatic carbocycles. The van der Waals surface area contributed by atoms with Crippen molar-refractivity contribution in [2.75, 3.05) is 20.3 Å². The molecule has 168 valence electrons. The van der Waals surface area contributed by atoms with Gasteiger partial charge in [0.1, 0.15) is 24.2 Å². The van der Waals surface area contributed by atoms with Crippen LogP contribution in [0.25, 0.3) is 22.3 Å².